The third-order valence-electron chi connectivity index (χ3n) is 3.20. The van der Waals surface area contributed by atoms with Gasteiger partial charge in [0.1, 0.15) is 5.54 Å². The number of nitriles is 1. The van der Waals surface area contributed by atoms with Crippen molar-refractivity contribution in [3.63, 3.8) is 0 Å². The van der Waals surface area contributed by atoms with Crippen LogP contribution in [-0.2, 0) is 0 Å². The Morgan fingerprint density at radius 2 is 1.81 bits per heavy atom. The van der Waals surface area contributed by atoms with E-state index in [1.807, 2.05) is 27.7 Å². The van der Waals surface area contributed by atoms with Gasteiger partial charge in [0, 0.05) is 6.04 Å². The highest BCUT2D eigenvalue weighted by atomic mass is 19.4. The van der Waals surface area contributed by atoms with E-state index in [-0.39, 0.29) is 6.04 Å². The van der Waals surface area contributed by atoms with Crippen LogP contribution < -0.4 is 5.32 Å². The van der Waals surface area contributed by atoms with E-state index in [9.17, 15) is 18.4 Å². The predicted octanol–water partition coefficient (Wildman–Crippen LogP) is 3.71. The van der Waals surface area contributed by atoms with Crippen LogP contribution in [0.15, 0.2) is 0 Å². The zero-order valence-corrected chi connectivity index (χ0v) is 13.6. The predicted molar refractivity (Wildman–Crippen MR) is 78.9 cm³/mol. The molecule has 0 saturated heterocycles. The molecule has 0 aliphatic carbocycles. The number of hydrogen-bond donors (Lipinski definition) is 1. The highest BCUT2D eigenvalue weighted by Gasteiger charge is 2.30. The summed E-state index contributed by atoms with van der Waals surface area (Å²) in [5, 5.41) is 12.4. The number of nitrogens with zero attached hydrogens (tertiary/aromatic N) is 2. The first-order chi connectivity index (χ1) is 9.62. The van der Waals surface area contributed by atoms with E-state index in [1.54, 1.807) is 0 Å². The minimum atomic E-state index is -4.14. The van der Waals surface area contributed by atoms with Gasteiger partial charge in [0.25, 0.3) is 0 Å². The largest absolute Gasteiger partial charge is 0.401 e. The summed E-state index contributed by atoms with van der Waals surface area (Å²) in [6.07, 6.45) is -1.38. The van der Waals surface area contributed by atoms with E-state index in [2.05, 4.69) is 11.4 Å². The molecular formula is C15H28F3N3. The fourth-order valence-electron chi connectivity index (χ4n) is 2.45. The molecule has 0 amide bonds. The molecule has 0 radical (unpaired) electrons. The monoisotopic (exact) mass is 307 g/mol. The highest BCUT2D eigenvalue weighted by Crippen LogP contribution is 2.18. The van der Waals surface area contributed by atoms with E-state index < -0.39 is 18.3 Å². The van der Waals surface area contributed by atoms with Gasteiger partial charge in [-0.2, -0.15) is 18.4 Å². The molecule has 1 unspecified atom stereocenters. The molecular weight excluding hydrogens is 279 g/mol. The Morgan fingerprint density at radius 3 is 2.24 bits per heavy atom. The van der Waals surface area contributed by atoms with Gasteiger partial charge in [0.2, 0.25) is 0 Å². The molecule has 0 saturated carbocycles. The van der Waals surface area contributed by atoms with Crippen LogP contribution in [0.4, 0.5) is 13.2 Å². The van der Waals surface area contributed by atoms with Crippen LogP contribution >= 0.6 is 0 Å². The number of nitrogens with one attached hydrogen (secondary N) is 1. The second-order valence-electron chi connectivity index (χ2n) is 6.09. The smallest absolute Gasteiger partial charge is 0.297 e. The van der Waals surface area contributed by atoms with Crippen LogP contribution in [-0.4, -0.2) is 42.3 Å². The van der Waals surface area contributed by atoms with Crippen LogP contribution in [0.2, 0.25) is 0 Å². The zero-order chi connectivity index (χ0) is 16.5. The van der Waals surface area contributed by atoms with Gasteiger partial charge in [-0.3, -0.25) is 10.2 Å². The first-order valence-electron chi connectivity index (χ1n) is 7.60. The number of halogens is 3. The number of alkyl halides is 3. The molecule has 0 fully saturated rings. The number of rotatable bonds is 10. The van der Waals surface area contributed by atoms with E-state index in [0.717, 1.165) is 6.42 Å². The Balaban J connectivity index is 4.17. The molecule has 0 aromatic rings. The molecule has 0 aromatic carbocycles. The van der Waals surface area contributed by atoms with Crippen molar-refractivity contribution in [3.05, 3.63) is 0 Å². The average Bonchev–Trinajstić information content (AvgIpc) is 2.32. The molecule has 0 spiro atoms. The van der Waals surface area contributed by atoms with Crippen molar-refractivity contribution >= 4 is 0 Å². The lowest BCUT2D eigenvalue weighted by atomic mass is 9.95. The lowest BCUT2D eigenvalue weighted by molar-refractivity contribution is -0.146. The number of unbranched alkanes of at least 4 members (excludes halogenated alkanes) is 1. The molecule has 124 valence electrons. The fourth-order valence-corrected chi connectivity index (χ4v) is 2.45. The molecule has 0 rings (SSSR count). The normalized spacial score (nSPS) is 15.2. The van der Waals surface area contributed by atoms with Gasteiger partial charge in [0.05, 0.1) is 12.6 Å². The first-order valence-corrected chi connectivity index (χ1v) is 7.60. The van der Waals surface area contributed by atoms with E-state index in [0.29, 0.717) is 32.4 Å². The van der Waals surface area contributed by atoms with E-state index >= 15 is 0 Å². The zero-order valence-electron chi connectivity index (χ0n) is 13.6. The molecule has 0 heterocycles. The minimum Gasteiger partial charge on any atom is -0.297 e. The molecule has 0 aromatic heterocycles. The maximum Gasteiger partial charge on any atom is 0.401 e. The van der Waals surface area contributed by atoms with Gasteiger partial charge >= 0.3 is 6.18 Å². The molecule has 3 nitrogen and oxygen atoms in total. The van der Waals surface area contributed by atoms with Crippen molar-refractivity contribution in [2.45, 2.75) is 71.1 Å². The Hall–Kier alpha value is -0.800. The fraction of sp³-hybridized carbons (Fsp3) is 0.933. The van der Waals surface area contributed by atoms with Gasteiger partial charge < -0.3 is 0 Å². The Labute approximate surface area is 126 Å². The van der Waals surface area contributed by atoms with Gasteiger partial charge in [-0.1, -0.05) is 6.92 Å². The van der Waals surface area contributed by atoms with Crippen molar-refractivity contribution in [1.82, 2.24) is 10.2 Å². The van der Waals surface area contributed by atoms with Gasteiger partial charge in [-0.25, -0.2) is 0 Å². The molecule has 1 N–H and O–H groups in total. The molecule has 0 bridgehead atoms. The summed E-state index contributed by atoms with van der Waals surface area (Å²) < 4.78 is 37.3. The topological polar surface area (TPSA) is 39.1 Å². The van der Waals surface area contributed by atoms with Crippen molar-refractivity contribution < 1.29 is 13.2 Å². The first kappa shape index (κ1) is 20.2. The lowest BCUT2D eigenvalue weighted by Crippen LogP contribution is -2.45. The van der Waals surface area contributed by atoms with Gasteiger partial charge in [-0.05, 0) is 59.5 Å². The number of hydrogen-bond acceptors (Lipinski definition) is 3. The lowest BCUT2D eigenvalue weighted by Gasteiger charge is -2.27. The molecule has 6 heteroatoms. The van der Waals surface area contributed by atoms with E-state index in [4.69, 9.17) is 0 Å². The van der Waals surface area contributed by atoms with Crippen molar-refractivity contribution in [1.29, 1.82) is 5.26 Å². The summed E-state index contributed by atoms with van der Waals surface area (Å²) in [5.74, 6) is 0. The summed E-state index contributed by atoms with van der Waals surface area (Å²) in [7, 11) is 0. The maximum atomic E-state index is 12.4. The molecule has 0 aliphatic rings. The molecule has 0 aliphatic heterocycles. The highest BCUT2D eigenvalue weighted by molar-refractivity contribution is 5.04. The Kier molecular flexibility index (Phi) is 8.91. The van der Waals surface area contributed by atoms with Crippen molar-refractivity contribution in [3.8, 4) is 6.07 Å². The van der Waals surface area contributed by atoms with Crippen LogP contribution in [0.5, 0.6) is 0 Å². The SMILES string of the molecule is CCCN(CCCCC(C)(C#N)NC(C)C)CC(F)(F)F. The third kappa shape index (κ3) is 10.6. The summed E-state index contributed by atoms with van der Waals surface area (Å²) in [4.78, 5) is 1.44. The van der Waals surface area contributed by atoms with Crippen LogP contribution in [0, 0.1) is 11.3 Å². The van der Waals surface area contributed by atoms with Crippen molar-refractivity contribution in [2.24, 2.45) is 0 Å². The second-order valence-corrected chi connectivity index (χ2v) is 6.09. The second kappa shape index (κ2) is 9.26. The van der Waals surface area contributed by atoms with Crippen LogP contribution in [0.25, 0.3) is 0 Å². The summed E-state index contributed by atoms with van der Waals surface area (Å²) >= 11 is 0. The summed E-state index contributed by atoms with van der Waals surface area (Å²) in [5.41, 5.74) is -0.603. The standard InChI is InChI=1S/C15H28F3N3/c1-5-9-21(12-15(16,17)18)10-7-6-8-14(4,11-19)20-13(2)3/h13,20H,5-10,12H2,1-4H3. The van der Waals surface area contributed by atoms with E-state index in [1.165, 1.54) is 4.90 Å². The molecule has 1 atom stereocenters. The Bertz CT molecular complexity index is 323. The Morgan fingerprint density at radius 1 is 1.19 bits per heavy atom. The van der Waals surface area contributed by atoms with Crippen molar-refractivity contribution in [2.75, 3.05) is 19.6 Å². The van der Waals surface area contributed by atoms with Gasteiger partial charge in [0.15, 0.2) is 0 Å². The maximum absolute atomic E-state index is 12.4. The average molecular weight is 307 g/mol. The molecule has 21 heavy (non-hydrogen) atoms. The summed E-state index contributed by atoms with van der Waals surface area (Å²) in [6, 6.07) is 2.46. The minimum absolute atomic E-state index is 0.205. The third-order valence-corrected chi connectivity index (χ3v) is 3.20. The summed E-state index contributed by atoms with van der Waals surface area (Å²) in [6.45, 7) is 7.70. The quantitative estimate of drug-likeness (QED) is 0.625. The van der Waals surface area contributed by atoms with Crippen LogP contribution in [0.3, 0.4) is 0 Å². The van der Waals surface area contributed by atoms with Gasteiger partial charge in [-0.15, -0.1) is 0 Å². The van der Waals surface area contributed by atoms with Crippen LogP contribution in [0.1, 0.15) is 53.4 Å².